The summed E-state index contributed by atoms with van der Waals surface area (Å²) >= 11 is 0. The Morgan fingerprint density at radius 1 is 0.630 bits per heavy atom. The molecule has 0 radical (unpaired) electrons. The molecule has 1 aliphatic rings. The van der Waals surface area contributed by atoms with Gasteiger partial charge in [0.15, 0.2) is 5.36 Å². The van der Waals surface area contributed by atoms with Crippen molar-refractivity contribution in [2.75, 3.05) is 0 Å². The van der Waals surface area contributed by atoms with Gasteiger partial charge in [0.25, 0.3) is 5.69 Å². The first-order valence-electron chi connectivity index (χ1n) is 8.78. The van der Waals surface area contributed by atoms with Gasteiger partial charge in [-0.15, -0.1) is 0 Å². The van der Waals surface area contributed by atoms with E-state index in [1.165, 1.54) is 0 Å². The van der Waals surface area contributed by atoms with Crippen LogP contribution >= 0.6 is 0 Å². The highest BCUT2D eigenvalue weighted by Crippen LogP contribution is 2.31. The SMILES string of the molecule is c1ccc(-c2cc(=[N+]3N=Nc4ccccc43)cc(-c3ccccc3)o2)cc1. The normalized spacial score (nSPS) is 12.2. The van der Waals surface area contributed by atoms with Gasteiger partial charge in [-0.3, -0.25) is 0 Å². The van der Waals surface area contributed by atoms with Gasteiger partial charge >= 0.3 is 0 Å². The van der Waals surface area contributed by atoms with Crippen molar-refractivity contribution in [3.8, 4) is 22.6 Å². The van der Waals surface area contributed by atoms with Gasteiger partial charge in [0.05, 0.1) is 5.11 Å². The Labute approximate surface area is 156 Å². The fourth-order valence-corrected chi connectivity index (χ4v) is 3.16. The lowest BCUT2D eigenvalue weighted by Gasteiger charge is -2.06. The molecule has 2 heterocycles. The Bertz CT molecular complexity index is 1150. The van der Waals surface area contributed by atoms with Crippen molar-refractivity contribution in [3.05, 3.63) is 102 Å². The Hall–Kier alpha value is -3.79. The highest BCUT2D eigenvalue weighted by atomic mass is 16.3. The molecule has 4 aromatic rings. The molecule has 128 valence electrons. The van der Waals surface area contributed by atoms with E-state index in [0.717, 1.165) is 39.4 Å². The maximum atomic E-state index is 6.24. The molecule has 0 aliphatic carbocycles. The summed E-state index contributed by atoms with van der Waals surface area (Å²) in [6.45, 7) is 0. The summed E-state index contributed by atoms with van der Waals surface area (Å²) < 4.78 is 8.09. The number of benzene rings is 3. The predicted octanol–water partition coefficient (Wildman–Crippen LogP) is 5.73. The van der Waals surface area contributed by atoms with E-state index in [9.17, 15) is 0 Å². The number of para-hydroxylation sites is 1. The van der Waals surface area contributed by atoms with E-state index in [1.807, 2.05) is 102 Å². The van der Waals surface area contributed by atoms with Gasteiger partial charge in [0, 0.05) is 23.3 Å². The number of hydrogen-bond acceptors (Lipinski definition) is 3. The van der Waals surface area contributed by atoms with E-state index >= 15 is 0 Å². The van der Waals surface area contributed by atoms with E-state index in [0.29, 0.717) is 0 Å². The molecule has 4 heteroatoms. The van der Waals surface area contributed by atoms with Crippen LogP contribution in [0.3, 0.4) is 0 Å². The zero-order valence-corrected chi connectivity index (χ0v) is 14.5. The Morgan fingerprint density at radius 3 is 1.81 bits per heavy atom. The third-order valence-electron chi connectivity index (χ3n) is 4.49. The van der Waals surface area contributed by atoms with E-state index in [2.05, 4.69) is 10.3 Å². The summed E-state index contributed by atoms with van der Waals surface area (Å²) in [5, 5.41) is 9.55. The fraction of sp³-hybridized carbons (Fsp3) is 0. The summed E-state index contributed by atoms with van der Waals surface area (Å²) in [5.74, 6) is 1.57. The smallest absolute Gasteiger partial charge is 0.252 e. The van der Waals surface area contributed by atoms with Crippen molar-refractivity contribution in [3.63, 3.8) is 0 Å². The fourth-order valence-electron chi connectivity index (χ4n) is 3.16. The molecule has 0 spiro atoms. The zero-order chi connectivity index (χ0) is 18.1. The van der Waals surface area contributed by atoms with E-state index < -0.39 is 0 Å². The second-order valence-corrected chi connectivity index (χ2v) is 6.27. The number of nitrogens with zero attached hydrogens (tertiary/aromatic N) is 3. The molecule has 0 saturated carbocycles. The summed E-state index contributed by atoms with van der Waals surface area (Å²) in [5.41, 5.74) is 3.85. The lowest BCUT2D eigenvalue weighted by Crippen LogP contribution is -2.18. The van der Waals surface area contributed by atoms with Gasteiger partial charge in [-0.2, -0.15) is 0 Å². The molecule has 0 N–H and O–H groups in total. The van der Waals surface area contributed by atoms with Gasteiger partial charge in [-0.25, -0.2) is 0 Å². The van der Waals surface area contributed by atoms with Gasteiger partial charge in [0.1, 0.15) is 16.7 Å². The number of rotatable bonds is 2. The first-order chi connectivity index (χ1) is 13.4. The molecule has 0 amide bonds. The standard InChI is InChI=1S/C23H16N3O/c1-3-9-17(10-4-1)22-15-19(16-23(27-22)18-11-5-2-6-12-18)26-21-14-8-7-13-20(21)24-25-26/h1-16H/q+1. The minimum atomic E-state index is 0.784. The van der Waals surface area contributed by atoms with Gasteiger partial charge in [-0.1, -0.05) is 77.5 Å². The maximum absolute atomic E-state index is 6.24. The van der Waals surface area contributed by atoms with Gasteiger partial charge in [0.2, 0.25) is 5.69 Å². The molecule has 5 rings (SSSR count). The molecular weight excluding hydrogens is 334 g/mol. The Kier molecular flexibility index (Phi) is 3.72. The summed E-state index contributed by atoms with van der Waals surface area (Å²) in [4.78, 5) is 0. The van der Waals surface area contributed by atoms with E-state index in [-0.39, 0.29) is 0 Å². The Balaban J connectivity index is 1.80. The molecule has 0 fully saturated rings. The first-order valence-corrected chi connectivity index (χ1v) is 8.78. The zero-order valence-electron chi connectivity index (χ0n) is 14.5. The molecule has 0 saturated heterocycles. The minimum absolute atomic E-state index is 0.784. The van der Waals surface area contributed by atoms with Crippen molar-refractivity contribution in [1.82, 2.24) is 4.68 Å². The molecular formula is C23H16N3O+. The molecule has 1 aliphatic heterocycles. The lowest BCUT2D eigenvalue weighted by molar-refractivity contribution is 0.576. The first kappa shape index (κ1) is 15.5. The highest BCUT2D eigenvalue weighted by molar-refractivity contribution is 5.65. The van der Waals surface area contributed by atoms with Crippen LogP contribution in [0.15, 0.2) is 112 Å². The summed E-state index contributed by atoms with van der Waals surface area (Å²) in [6.07, 6.45) is 0. The quantitative estimate of drug-likeness (QED) is 0.426. The predicted molar refractivity (Wildman–Crippen MR) is 105 cm³/mol. The van der Waals surface area contributed by atoms with Crippen molar-refractivity contribution in [2.45, 2.75) is 0 Å². The third-order valence-corrected chi connectivity index (χ3v) is 4.49. The molecule has 4 nitrogen and oxygen atoms in total. The second kappa shape index (κ2) is 6.50. The van der Waals surface area contributed by atoms with Crippen molar-refractivity contribution < 1.29 is 4.42 Å². The number of fused-ring (bicyclic) bond motifs is 1. The minimum Gasteiger partial charge on any atom is -0.456 e. The van der Waals surface area contributed by atoms with Crippen LogP contribution < -0.4 is 10.0 Å². The second-order valence-electron chi connectivity index (χ2n) is 6.27. The summed E-state index contributed by atoms with van der Waals surface area (Å²) in [6, 6.07) is 32.1. The number of hydrogen-bond donors (Lipinski definition) is 0. The van der Waals surface area contributed by atoms with Crippen LogP contribution in [0.5, 0.6) is 0 Å². The topological polar surface area (TPSA) is 40.9 Å². The average Bonchev–Trinajstić information content (AvgIpc) is 3.19. The van der Waals surface area contributed by atoms with Crippen LogP contribution in [0, 0.1) is 0 Å². The van der Waals surface area contributed by atoms with Crippen molar-refractivity contribution in [1.29, 1.82) is 0 Å². The lowest BCUT2D eigenvalue weighted by atomic mass is 10.1. The summed E-state index contributed by atoms with van der Waals surface area (Å²) in [7, 11) is 0. The van der Waals surface area contributed by atoms with Crippen LogP contribution in [0.25, 0.3) is 22.6 Å². The van der Waals surface area contributed by atoms with Gasteiger partial charge < -0.3 is 4.42 Å². The molecule has 3 aromatic carbocycles. The maximum Gasteiger partial charge on any atom is 0.252 e. The van der Waals surface area contributed by atoms with Crippen LogP contribution in [0.4, 0.5) is 11.4 Å². The van der Waals surface area contributed by atoms with Crippen molar-refractivity contribution >= 4 is 11.4 Å². The van der Waals surface area contributed by atoms with Crippen LogP contribution in [-0.2, 0) is 0 Å². The van der Waals surface area contributed by atoms with E-state index in [4.69, 9.17) is 4.42 Å². The van der Waals surface area contributed by atoms with Crippen LogP contribution in [-0.4, -0.2) is 0 Å². The average molecular weight is 350 g/mol. The molecule has 1 aromatic heterocycles. The largest absolute Gasteiger partial charge is 0.456 e. The Morgan fingerprint density at radius 2 is 1.19 bits per heavy atom. The molecule has 0 bridgehead atoms. The molecule has 0 unspecified atom stereocenters. The van der Waals surface area contributed by atoms with Gasteiger partial charge in [-0.05, 0) is 12.1 Å². The molecule has 0 atom stereocenters. The van der Waals surface area contributed by atoms with Crippen LogP contribution in [0.1, 0.15) is 0 Å². The van der Waals surface area contributed by atoms with Crippen molar-refractivity contribution in [2.24, 2.45) is 10.3 Å². The third kappa shape index (κ3) is 2.87. The monoisotopic (exact) mass is 350 g/mol. The highest BCUT2D eigenvalue weighted by Gasteiger charge is 2.23. The van der Waals surface area contributed by atoms with Crippen LogP contribution in [0.2, 0.25) is 0 Å². The van der Waals surface area contributed by atoms with E-state index in [1.54, 1.807) is 0 Å². The molecule has 27 heavy (non-hydrogen) atoms.